The summed E-state index contributed by atoms with van der Waals surface area (Å²) in [4.78, 5) is 10.9. The average molecular weight is 191 g/mol. The molecule has 0 aliphatic carbocycles. The van der Waals surface area contributed by atoms with Gasteiger partial charge in [0.05, 0.1) is 0 Å². The molecule has 1 unspecified atom stereocenters. The first-order valence-corrected chi connectivity index (χ1v) is 4.70. The van der Waals surface area contributed by atoms with E-state index < -0.39 is 0 Å². The molecule has 0 saturated carbocycles. The van der Waals surface area contributed by atoms with Crippen LogP contribution in [0, 0.1) is 6.92 Å². The van der Waals surface area contributed by atoms with Crippen LogP contribution in [0.5, 0.6) is 0 Å². The van der Waals surface area contributed by atoms with Gasteiger partial charge in [0.15, 0.2) is 0 Å². The first kappa shape index (κ1) is 9.21. The molecule has 1 aromatic carbocycles. The lowest BCUT2D eigenvalue weighted by Crippen LogP contribution is -2.38. The number of carbonyl (C=O) groups excluding carboxylic acids is 1. The molecule has 1 atom stereocenters. The standard InChI is InChI=1S/C11H13NO2/c1-8-3-2-4-9(5-8)10-6-12-11(13)7-14-10/h2-5,10H,6-7H2,1H3,(H,12,13). The van der Waals surface area contributed by atoms with E-state index in [-0.39, 0.29) is 18.6 Å². The van der Waals surface area contributed by atoms with E-state index in [4.69, 9.17) is 4.74 Å². The molecule has 74 valence electrons. The Morgan fingerprint density at radius 1 is 1.50 bits per heavy atom. The Balaban J connectivity index is 2.12. The summed E-state index contributed by atoms with van der Waals surface area (Å²) in [5, 5.41) is 2.79. The fourth-order valence-corrected chi connectivity index (χ4v) is 1.58. The number of morpholine rings is 1. The molecule has 0 aromatic heterocycles. The largest absolute Gasteiger partial charge is 0.362 e. The van der Waals surface area contributed by atoms with Gasteiger partial charge in [-0.3, -0.25) is 4.79 Å². The predicted molar refractivity (Wildman–Crippen MR) is 52.9 cm³/mol. The highest BCUT2D eigenvalue weighted by Crippen LogP contribution is 2.19. The van der Waals surface area contributed by atoms with Crippen LogP contribution in [-0.4, -0.2) is 19.1 Å². The zero-order valence-corrected chi connectivity index (χ0v) is 8.12. The Kier molecular flexibility index (Phi) is 2.50. The third-order valence-corrected chi connectivity index (χ3v) is 2.31. The molecule has 0 spiro atoms. The Bertz CT molecular complexity index is 339. The van der Waals surface area contributed by atoms with Crippen LogP contribution in [0.2, 0.25) is 0 Å². The molecule has 0 radical (unpaired) electrons. The van der Waals surface area contributed by atoms with Gasteiger partial charge in [-0.05, 0) is 12.5 Å². The highest BCUT2D eigenvalue weighted by Gasteiger charge is 2.19. The Hall–Kier alpha value is -1.35. The Morgan fingerprint density at radius 2 is 2.36 bits per heavy atom. The van der Waals surface area contributed by atoms with Gasteiger partial charge in [-0.2, -0.15) is 0 Å². The van der Waals surface area contributed by atoms with E-state index in [9.17, 15) is 4.79 Å². The third-order valence-electron chi connectivity index (χ3n) is 2.31. The molecular formula is C11H13NO2. The van der Waals surface area contributed by atoms with Crippen molar-refractivity contribution in [2.45, 2.75) is 13.0 Å². The van der Waals surface area contributed by atoms with E-state index in [1.165, 1.54) is 5.56 Å². The summed E-state index contributed by atoms with van der Waals surface area (Å²) in [5.41, 5.74) is 2.34. The zero-order chi connectivity index (χ0) is 9.97. The first-order chi connectivity index (χ1) is 6.75. The zero-order valence-electron chi connectivity index (χ0n) is 8.12. The van der Waals surface area contributed by atoms with Gasteiger partial charge in [0.25, 0.3) is 0 Å². The van der Waals surface area contributed by atoms with Crippen LogP contribution in [0.3, 0.4) is 0 Å². The smallest absolute Gasteiger partial charge is 0.246 e. The molecule has 3 heteroatoms. The summed E-state index contributed by atoms with van der Waals surface area (Å²) in [5.74, 6) is -0.0334. The number of aryl methyl sites for hydroxylation is 1. The number of rotatable bonds is 1. The highest BCUT2D eigenvalue weighted by atomic mass is 16.5. The number of carbonyl (C=O) groups is 1. The normalized spacial score (nSPS) is 21.8. The molecule has 1 aliphatic rings. The minimum Gasteiger partial charge on any atom is -0.362 e. The topological polar surface area (TPSA) is 38.3 Å². The second kappa shape index (κ2) is 3.80. The monoisotopic (exact) mass is 191 g/mol. The quantitative estimate of drug-likeness (QED) is 0.724. The number of hydrogen-bond acceptors (Lipinski definition) is 2. The minimum atomic E-state index is -0.0334. The second-order valence-corrected chi connectivity index (χ2v) is 3.52. The van der Waals surface area contributed by atoms with Gasteiger partial charge >= 0.3 is 0 Å². The van der Waals surface area contributed by atoms with Gasteiger partial charge in [0.2, 0.25) is 5.91 Å². The van der Waals surface area contributed by atoms with E-state index in [0.717, 1.165) is 5.56 Å². The summed E-state index contributed by atoms with van der Waals surface area (Å²) in [6.45, 7) is 2.78. The second-order valence-electron chi connectivity index (χ2n) is 3.52. The van der Waals surface area contributed by atoms with Crippen molar-refractivity contribution in [3.63, 3.8) is 0 Å². The summed E-state index contributed by atoms with van der Waals surface area (Å²) >= 11 is 0. The maximum absolute atomic E-state index is 10.9. The van der Waals surface area contributed by atoms with Crippen molar-refractivity contribution in [1.82, 2.24) is 5.32 Å². The van der Waals surface area contributed by atoms with Crippen molar-refractivity contribution in [1.29, 1.82) is 0 Å². The van der Waals surface area contributed by atoms with Crippen LogP contribution in [0.25, 0.3) is 0 Å². The molecule has 1 fully saturated rings. The van der Waals surface area contributed by atoms with Crippen LogP contribution in [-0.2, 0) is 9.53 Å². The molecule has 1 heterocycles. The van der Waals surface area contributed by atoms with Crippen LogP contribution >= 0.6 is 0 Å². The Labute approximate surface area is 83.1 Å². The number of nitrogens with one attached hydrogen (secondary N) is 1. The average Bonchev–Trinajstić information content (AvgIpc) is 2.19. The lowest BCUT2D eigenvalue weighted by Gasteiger charge is -2.23. The van der Waals surface area contributed by atoms with E-state index in [2.05, 4.69) is 11.4 Å². The lowest BCUT2D eigenvalue weighted by atomic mass is 10.1. The van der Waals surface area contributed by atoms with E-state index >= 15 is 0 Å². The molecule has 1 N–H and O–H groups in total. The van der Waals surface area contributed by atoms with Gasteiger partial charge in [0.1, 0.15) is 12.7 Å². The molecule has 1 aliphatic heterocycles. The molecule has 0 bridgehead atoms. The lowest BCUT2D eigenvalue weighted by molar-refractivity contribution is -0.133. The number of ether oxygens (including phenoxy) is 1. The number of hydrogen-bond donors (Lipinski definition) is 1. The summed E-state index contributed by atoms with van der Waals surface area (Å²) < 4.78 is 5.42. The van der Waals surface area contributed by atoms with Crippen LogP contribution < -0.4 is 5.32 Å². The van der Waals surface area contributed by atoms with Gasteiger partial charge in [-0.25, -0.2) is 0 Å². The van der Waals surface area contributed by atoms with Crippen LogP contribution in [0.1, 0.15) is 17.2 Å². The van der Waals surface area contributed by atoms with E-state index in [0.29, 0.717) is 6.54 Å². The molecule has 1 saturated heterocycles. The van der Waals surface area contributed by atoms with Gasteiger partial charge in [-0.15, -0.1) is 0 Å². The summed E-state index contributed by atoms with van der Waals surface area (Å²) in [6, 6.07) is 8.16. The summed E-state index contributed by atoms with van der Waals surface area (Å²) in [6.07, 6.45) is 0.00704. The molecular weight excluding hydrogens is 178 g/mol. The van der Waals surface area contributed by atoms with Crippen molar-refractivity contribution in [3.05, 3.63) is 35.4 Å². The van der Waals surface area contributed by atoms with Crippen molar-refractivity contribution in [2.24, 2.45) is 0 Å². The predicted octanol–water partition coefficient (Wildman–Crippen LogP) is 1.18. The van der Waals surface area contributed by atoms with Crippen LogP contribution in [0.15, 0.2) is 24.3 Å². The van der Waals surface area contributed by atoms with E-state index in [1.807, 2.05) is 25.1 Å². The molecule has 1 amide bonds. The molecule has 1 aromatic rings. The maximum Gasteiger partial charge on any atom is 0.246 e. The van der Waals surface area contributed by atoms with Crippen molar-refractivity contribution < 1.29 is 9.53 Å². The van der Waals surface area contributed by atoms with Crippen molar-refractivity contribution in [2.75, 3.05) is 13.2 Å². The number of amides is 1. The fourth-order valence-electron chi connectivity index (χ4n) is 1.58. The molecule has 3 nitrogen and oxygen atoms in total. The van der Waals surface area contributed by atoms with Crippen LogP contribution in [0.4, 0.5) is 0 Å². The SMILES string of the molecule is Cc1cccc(C2CNC(=O)CO2)c1. The number of benzene rings is 1. The van der Waals surface area contributed by atoms with E-state index in [1.54, 1.807) is 0 Å². The first-order valence-electron chi connectivity index (χ1n) is 4.70. The maximum atomic E-state index is 10.9. The van der Waals surface area contributed by atoms with Gasteiger partial charge in [0, 0.05) is 6.54 Å². The minimum absolute atomic E-state index is 0.00704. The Morgan fingerprint density at radius 3 is 3.00 bits per heavy atom. The van der Waals surface area contributed by atoms with Gasteiger partial charge in [-0.1, -0.05) is 29.8 Å². The molecule has 2 rings (SSSR count). The van der Waals surface area contributed by atoms with Gasteiger partial charge < -0.3 is 10.1 Å². The third kappa shape index (κ3) is 1.93. The molecule has 14 heavy (non-hydrogen) atoms. The fraction of sp³-hybridized carbons (Fsp3) is 0.364. The van der Waals surface area contributed by atoms with Crippen molar-refractivity contribution >= 4 is 5.91 Å². The summed E-state index contributed by atoms with van der Waals surface area (Å²) in [7, 11) is 0. The highest BCUT2D eigenvalue weighted by molar-refractivity contribution is 5.77. The van der Waals surface area contributed by atoms with Crippen molar-refractivity contribution in [3.8, 4) is 0 Å².